The third-order valence-corrected chi connectivity index (χ3v) is 2.89. The van der Waals surface area contributed by atoms with Crippen LogP contribution in [0, 0.1) is 20.8 Å². The number of hydrogen-bond acceptors (Lipinski definition) is 3. The summed E-state index contributed by atoms with van der Waals surface area (Å²) in [7, 11) is 1.66. The van der Waals surface area contributed by atoms with Gasteiger partial charge in [0, 0.05) is 5.56 Å². The fourth-order valence-corrected chi connectivity index (χ4v) is 2.02. The van der Waals surface area contributed by atoms with E-state index in [9.17, 15) is 0 Å². The summed E-state index contributed by atoms with van der Waals surface area (Å²) in [5, 5.41) is 7.15. The van der Waals surface area contributed by atoms with Crippen LogP contribution in [-0.4, -0.2) is 17.3 Å². The molecule has 0 saturated heterocycles. The number of nitrogens with one attached hydrogen (secondary N) is 1. The number of benzene rings is 1. The van der Waals surface area contributed by atoms with Crippen molar-refractivity contribution in [1.82, 2.24) is 10.2 Å². The molecule has 4 heteroatoms. The summed E-state index contributed by atoms with van der Waals surface area (Å²) in [5.41, 5.74) is 11.6. The second-order valence-electron chi connectivity index (χ2n) is 4.27. The number of aryl methyl sites for hydroxylation is 3. The number of nitrogens with two attached hydrogens (primary N) is 1. The van der Waals surface area contributed by atoms with Gasteiger partial charge in [0.1, 0.15) is 11.4 Å². The molecule has 0 atom stereocenters. The van der Waals surface area contributed by atoms with E-state index in [0.717, 1.165) is 33.8 Å². The Hall–Kier alpha value is -1.97. The lowest BCUT2D eigenvalue weighted by atomic mass is 10.0. The molecule has 90 valence electrons. The number of aromatic amines is 1. The summed E-state index contributed by atoms with van der Waals surface area (Å²) >= 11 is 0. The first-order valence-corrected chi connectivity index (χ1v) is 5.50. The van der Waals surface area contributed by atoms with Crippen LogP contribution in [0.5, 0.6) is 5.75 Å². The lowest BCUT2D eigenvalue weighted by Crippen LogP contribution is -1.96. The number of nitrogens with zero attached hydrogens (tertiary/aromatic N) is 1. The van der Waals surface area contributed by atoms with Crippen LogP contribution in [0.2, 0.25) is 0 Å². The van der Waals surface area contributed by atoms with E-state index in [4.69, 9.17) is 10.5 Å². The molecule has 1 heterocycles. The zero-order valence-corrected chi connectivity index (χ0v) is 10.6. The molecule has 0 bridgehead atoms. The number of methoxy groups -OCH3 is 1. The van der Waals surface area contributed by atoms with Crippen molar-refractivity contribution in [2.75, 3.05) is 12.8 Å². The minimum Gasteiger partial charge on any atom is -0.496 e. The van der Waals surface area contributed by atoms with E-state index >= 15 is 0 Å². The Balaban J connectivity index is 2.70. The van der Waals surface area contributed by atoms with Gasteiger partial charge < -0.3 is 10.5 Å². The minimum absolute atomic E-state index is 0.676. The zero-order valence-electron chi connectivity index (χ0n) is 10.6. The molecule has 0 fully saturated rings. The van der Waals surface area contributed by atoms with E-state index in [1.165, 1.54) is 0 Å². The van der Waals surface area contributed by atoms with Crippen LogP contribution in [-0.2, 0) is 0 Å². The zero-order chi connectivity index (χ0) is 12.6. The van der Waals surface area contributed by atoms with E-state index in [-0.39, 0.29) is 0 Å². The number of H-pyrrole nitrogens is 1. The Labute approximate surface area is 101 Å². The van der Waals surface area contributed by atoms with Crippen LogP contribution < -0.4 is 10.5 Å². The van der Waals surface area contributed by atoms with Gasteiger partial charge in [0.15, 0.2) is 0 Å². The van der Waals surface area contributed by atoms with Crippen molar-refractivity contribution < 1.29 is 4.74 Å². The fourth-order valence-electron chi connectivity index (χ4n) is 2.02. The molecule has 0 unspecified atom stereocenters. The highest BCUT2D eigenvalue weighted by Crippen LogP contribution is 2.36. The van der Waals surface area contributed by atoms with Gasteiger partial charge >= 0.3 is 0 Å². The number of rotatable bonds is 2. The third kappa shape index (κ3) is 1.86. The van der Waals surface area contributed by atoms with E-state index in [1.807, 2.05) is 26.8 Å². The van der Waals surface area contributed by atoms with Gasteiger partial charge in [-0.15, -0.1) is 0 Å². The molecule has 1 aromatic heterocycles. The molecular formula is C13H17N3O. The Bertz CT molecular complexity index is 558. The van der Waals surface area contributed by atoms with Crippen LogP contribution in [0.25, 0.3) is 11.3 Å². The molecule has 0 amide bonds. The van der Waals surface area contributed by atoms with Crippen molar-refractivity contribution in [1.29, 1.82) is 0 Å². The minimum atomic E-state index is 0.676. The van der Waals surface area contributed by atoms with Crippen molar-refractivity contribution in [3.63, 3.8) is 0 Å². The van der Waals surface area contributed by atoms with E-state index < -0.39 is 0 Å². The first-order valence-electron chi connectivity index (χ1n) is 5.50. The van der Waals surface area contributed by atoms with Crippen LogP contribution in [0.15, 0.2) is 12.1 Å². The predicted octanol–water partition coefficient (Wildman–Crippen LogP) is 2.59. The van der Waals surface area contributed by atoms with E-state index in [1.54, 1.807) is 7.11 Å². The molecule has 3 N–H and O–H groups in total. The average molecular weight is 231 g/mol. The molecule has 0 aliphatic carbocycles. The van der Waals surface area contributed by atoms with Gasteiger partial charge in [-0.2, -0.15) is 5.10 Å². The molecule has 1 aromatic carbocycles. The summed E-state index contributed by atoms with van der Waals surface area (Å²) in [5.74, 6) is 0.806. The van der Waals surface area contributed by atoms with Crippen molar-refractivity contribution in [2.45, 2.75) is 20.8 Å². The summed E-state index contributed by atoms with van der Waals surface area (Å²) < 4.78 is 5.42. The standard InChI is InChI=1S/C13H17N3O/c1-7-5-8(2)11(10(6-7)17-4)13-12(14)9(3)15-16-13/h5-6H,14H2,1-4H3,(H,15,16). The Morgan fingerprint density at radius 1 is 1.24 bits per heavy atom. The largest absolute Gasteiger partial charge is 0.496 e. The molecule has 0 saturated carbocycles. The van der Waals surface area contributed by atoms with Gasteiger partial charge in [-0.3, -0.25) is 5.10 Å². The summed E-state index contributed by atoms with van der Waals surface area (Å²) in [4.78, 5) is 0. The van der Waals surface area contributed by atoms with Gasteiger partial charge in [0.25, 0.3) is 0 Å². The molecule has 0 aliphatic heterocycles. The van der Waals surface area contributed by atoms with Gasteiger partial charge in [0.05, 0.1) is 18.5 Å². The monoisotopic (exact) mass is 231 g/mol. The van der Waals surface area contributed by atoms with Gasteiger partial charge in [-0.25, -0.2) is 0 Å². The first-order chi connectivity index (χ1) is 8.04. The number of hydrogen-bond donors (Lipinski definition) is 2. The Morgan fingerprint density at radius 2 is 1.94 bits per heavy atom. The van der Waals surface area contributed by atoms with Crippen molar-refractivity contribution in [3.05, 3.63) is 29.0 Å². The molecule has 17 heavy (non-hydrogen) atoms. The average Bonchev–Trinajstić information content (AvgIpc) is 2.59. The lowest BCUT2D eigenvalue weighted by Gasteiger charge is -2.11. The molecular weight excluding hydrogens is 214 g/mol. The normalized spacial score (nSPS) is 10.6. The maximum Gasteiger partial charge on any atom is 0.128 e. The molecule has 0 aliphatic rings. The highest BCUT2D eigenvalue weighted by Gasteiger charge is 2.16. The maximum absolute atomic E-state index is 6.02. The first kappa shape index (κ1) is 11.5. The van der Waals surface area contributed by atoms with Crippen molar-refractivity contribution >= 4 is 5.69 Å². The van der Waals surface area contributed by atoms with E-state index in [2.05, 4.69) is 16.3 Å². The van der Waals surface area contributed by atoms with Gasteiger partial charge in [-0.1, -0.05) is 6.07 Å². The molecule has 2 aromatic rings. The number of anilines is 1. The second-order valence-corrected chi connectivity index (χ2v) is 4.27. The van der Waals surface area contributed by atoms with Gasteiger partial charge in [0.2, 0.25) is 0 Å². The highest BCUT2D eigenvalue weighted by molar-refractivity contribution is 5.81. The molecule has 0 spiro atoms. The predicted molar refractivity (Wildman–Crippen MR) is 69.2 cm³/mol. The smallest absolute Gasteiger partial charge is 0.128 e. The molecule has 4 nitrogen and oxygen atoms in total. The summed E-state index contributed by atoms with van der Waals surface area (Å²) in [6, 6.07) is 4.09. The second kappa shape index (κ2) is 4.13. The number of ether oxygens (including phenoxy) is 1. The van der Waals surface area contributed by atoms with Crippen LogP contribution in [0.1, 0.15) is 16.8 Å². The highest BCUT2D eigenvalue weighted by atomic mass is 16.5. The van der Waals surface area contributed by atoms with Crippen LogP contribution >= 0.6 is 0 Å². The number of nitrogen functional groups attached to an aromatic ring is 1. The van der Waals surface area contributed by atoms with Crippen LogP contribution in [0.4, 0.5) is 5.69 Å². The summed E-state index contributed by atoms with van der Waals surface area (Å²) in [6.45, 7) is 5.98. The van der Waals surface area contributed by atoms with Crippen molar-refractivity contribution in [2.24, 2.45) is 0 Å². The quantitative estimate of drug-likeness (QED) is 0.835. The van der Waals surface area contributed by atoms with Crippen LogP contribution in [0.3, 0.4) is 0 Å². The maximum atomic E-state index is 6.02. The SMILES string of the molecule is COc1cc(C)cc(C)c1-c1n[nH]c(C)c1N. The molecule has 2 rings (SSSR count). The Kier molecular flexibility index (Phi) is 2.79. The van der Waals surface area contributed by atoms with E-state index in [0.29, 0.717) is 5.69 Å². The van der Waals surface area contributed by atoms with Crippen molar-refractivity contribution in [3.8, 4) is 17.0 Å². The Morgan fingerprint density at radius 3 is 2.47 bits per heavy atom. The fraction of sp³-hybridized carbons (Fsp3) is 0.308. The topological polar surface area (TPSA) is 63.9 Å². The summed E-state index contributed by atoms with van der Waals surface area (Å²) in [6.07, 6.45) is 0. The number of aromatic nitrogens is 2. The lowest BCUT2D eigenvalue weighted by molar-refractivity contribution is 0.415. The third-order valence-electron chi connectivity index (χ3n) is 2.89. The molecule has 0 radical (unpaired) electrons. The van der Waals surface area contributed by atoms with Gasteiger partial charge in [-0.05, 0) is 38.0 Å².